The maximum absolute atomic E-state index is 13.8. The van der Waals surface area contributed by atoms with Crippen molar-refractivity contribution < 1.29 is 64.4 Å². The van der Waals surface area contributed by atoms with Crippen LogP contribution in [-0.4, -0.2) is 52.3 Å². The fourth-order valence-corrected chi connectivity index (χ4v) is 14.4. The number of ether oxygens (including phenoxy) is 2. The SMILES string of the molecule is CC(C)c1cc2oc(=O)c(Sc3ccc(F)cc3)c(O)c2c(=O)n1-c1ccc(OCCn2ccnc2)cc1.COc1ccccc1Cn1c(=O)c2c(O)c(Sc3ccc(C(F)(F)F)cc3)c(=O)oc2c2ccccc21.O=c1oc2c(c(O)c1Sc1ccc(F)cc1)c(=O)n(Cc1cccc(F)c1)c1ccccc21. The molecule has 0 saturated heterocycles. The number of imidazole rings is 1. The van der Waals surface area contributed by atoms with Crippen LogP contribution in [0.15, 0.2) is 290 Å². The number of nitrogens with zero attached hydrogens (tertiary/aromatic N) is 5. The van der Waals surface area contributed by atoms with Gasteiger partial charge in [0.25, 0.3) is 16.7 Å². The van der Waals surface area contributed by atoms with Gasteiger partial charge in [-0.1, -0.05) is 104 Å². The van der Waals surface area contributed by atoms with Crippen LogP contribution < -0.4 is 43.0 Å². The quantitative estimate of drug-likeness (QED) is 0.0566. The molecule has 0 amide bonds. The predicted molar refractivity (Wildman–Crippen MR) is 398 cm³/mol. The molecule has 0 unspecified atom stereocenters. The summed E-state index contributed by atoms with van der Waals surface area (Å²) in [6.45, 7) is 5.09. The lowest BCUT2D eigenvalue weighted by Gasteiger charge is -2.18. The molecule has 0 spiro atoms. The third-order valence-corrected chi connectivity index (χ3v) is 20.3. The predicted octanol–water partition coefficient (Wildman–Crippen LogP) is 16.7. The first kappa shape index (κ1) is 73.9. The molecule has 0 fully saturated rings. The van der Waals surface area contributed by atoms with Gasteiger partial charge in [-0.2, -0.15) is 13.2 Å². The molecular formula is C80H57F6N5O14S3. The van der Waals surface area contributed by atoms with Gasteiger partial charge in [0.15, 0.2) is 28.4 Å². The molecule has 7 heterocycles. The van der Waals surface area contributed by atoms with Crippen LogP contribution in [0.25, 0.3) is 60.4 Å². The van der Waals surface area contributed by atoms with Gasteiger partial charge in [0.1, 0.15) is 72.0 Å². The van der Waals surface area contributed by atoms with Crippen molar-refractivity contribution in [1.29, 1.82) is 0 Å². The molecule has 0 bridgehead atoms. The number of rotatable bonds is 17. The molecule has 108 heavy (non-hydrogen) atoms. The molecule has 15 rings (SSSR count). The lowest BCUT2D eigenvalue weighted by Crippen LogP contribution is -2.24. The van der Waals surface area contributed by atoms with E-state index in [-0.39, 0.29) is 71.5 Å². The van der Waals surface area contributed by atoms with Gasteiger partial charge in [0, 0.05) is 60.9 Å². The van der Waals surface area contributed by atoms with Crippen LogP contribution in [0.2, 0.25) is 0 Å². The van der Waals surface area contributed by atoms with Crippen LogP contribution in [0.4, 0.5) is 26.3 Å². The Bertz CT molecular complexity index is 6310. The van der Waals surface area contributed by atoms with Gasteiger partial charge in [0.2, 0.25) is 0 Å². The van der Waals surface area contributed by atoms with Crippen molar-refractivity contribution in [2.75, 3.05) is 13.7 Å². The van der Waals surface area contributed by atoms with E-state index >= 15 is 0 Å². The summed E-state index contributed by atoms with van der Waals surface area (Å²) >= 11 is 2.48. The fraction of sp³-hybridized carbons (Fsp3) is 0.113. The van der Waals surface area contributed by atoms with E-state index in [2.05, 4.69) is 4.98 Å². The summed E-state index contributed by atoms with van der Waals surface area (Å²) in [6.07, 6.45) is 0.761. The zero-order valence-electron chi connectivity index (χ0n) is 56.8. The molecule has 0 aliphatic rings. The van der Waals surface area contributed by atoms with Gasteiger partial charge in [-0.05, 0) is 151 Å². The molecule has 0 radical (unpaired) electrons. The maximum atomic E-state index is 13.8. The van der Waals surface area contributed by atoms with Crippen LogP contribution in [0.5, 0.6) is 28.7 Å². The highest BCUT2D eigenvalue weighted by atomic mass is 32.2. The Balaban J connectivity index is 0.000000143. The maximum Gasteiger partial charge on any atom is 0.416 e. The summed E-state index contributed by atoms with van der Waals surface area (Å²) in [4.78, 5) is 83.9. The Kier molecular flexibility index (Phi) is 21.4. The normalized spacial score (nSPS) is 11.5. The van der Waals surface area contributed by atoms with Crippen molar-refractivity contribution in [2.45, 2.75) is 74.9 Å². The zero-order chi connectivity index (χ0) is 76.2. The number of aromatic nitrogens is 5. The molecular weight excluding hydrogens is 1470 g/mol. The van der Waals surface area contributed by atoms with Crippen LogP contribution in [0.1, 0.15) is 42.1 Å². The lowest BCUT2D eigenvalue weighted by molar-refractivity contribution is -0.137. The van der Waals surface area contributed by atoms with Crippen molar-refractivity contribution in [1.82, 2.24) is 23.3 Å². The van der Waals surface area contributed by atoms with Gasteiger partial charge in [-0.15, -0.1) is 0 Å². The number of methoxy groups -OCH3 is 1. The van der Waals surface area contributed by atoms with E-state index in [1.807, 2.05) is 24.6 Å². The van der Waals surface area contributed by atoms with Gasteiger partial charge in [-0.3, -0.25) is 19.0 Å². The summed E-state index contributed by atoms with van der Waals surface area (Å²) in [6, 6.07) is 50.2. The van der Waals surface area contributed by atoms with Crippen molar-refractivity contribution >= 4 is 90.0 Å². The van der Waals surface area contributed by atoms with Crippen LogP contribution in [0, 0.1) is 17.5 Å². The first-order valence-corrected chi connectivity index (χ1v) is 35.2. The number of alkyl halides is 3. The van der Waals surface area contributed by atoms with E-state index in [4.69, 9.17) is 22.7 Å². The highest BCUT2D eigenvalue weighted by Gasteiger charge is 2.31. The van der Waals surface area contributed by atoms with Gasteiger partial charge >= 0.3 is 23.1 Å². The summed E-state index contributed by atoms with van der Waals surface area (Å²) in [5, 5.41) is 33.6. The second-order valence-corrected chi connectivity index (χ2v) is 27.6. The number of aromatic hydroxyl groups is 3. The van der Waals surface area contributed by atoms with Crippen molar-refractivity contribution in [2.24, 2.45) is 0 Å². The topological polar surface area (TPSA) is 254 Å². The minimum atomic E-state index is -4.51. The largest absolute Gasteiger partial charge is 0.505 e. The third kappa shape index (κ3) is 15.5. The van der Waals surface area contributed by atoms with E-state index in [0.29, 0.717) is 90.5 Å². The molecule has 0 aliphatic heterocycles. The van der Waals surface area contributed by atoms with Gasteiger partial charge in [0.05, 0.1) is 49.7 Å². The van der Waals surface area contributed by atoms with Crippen molar-refractivity contribution in [3.63, 3.8) is 0 Å². The summed E-state index contributed by atoms with van der Waals surface area (Å²) < 4.78 is 113. The first-order chi connectivity index (χ1) is 51.9. The standard InChI is InChI=1S/C28H24FN3O5S.C27H18F3NO5S.C25H15F2NO4S/c1-17(2)22-15-23-24(25(33)26(28(35)37-23)38-21-9-3-18(29)4-10-21)27(34)32(22)19-5-7-20(8-6-19)36-14-13-31-12-11-30-16-31;1-35-20-9-5-2-6-15(20)14-31-19-8-4-3-7-18(19)23-21(25(31)33)22(32)24(26(34)36-23)37-17-12-10-16(11-13-17)27(28,29)30;26-15-8-10-17(11-9-15)33-23-21(29)20-22(32-25(23)31)18-6-1-2-7-19(18)28(24(20)30)13-14-4-3-5-16(27)12-14/h3-12,15-17,33H,13-14H2,1-2H3;2-13,32H,14H2,1H3;1-12,29H,13H2. The highest BCUT2D eigenvalue weighted by molar-refractivity contribution is 8.00. The Hall–Kier alpha value is -12.4. The molecule has 0 atom stereocenters. The lowest BCUT2D eigenvalue weighted by atomic mass is 10.1. The highest BCUT2D eigenvalue weighted by Crippen LogP contribution is 2.42. The van der Waals surface area contributed by atoms with Crippen molar-refractivity contribution in [3.8, 4) is 34.4 Å². The first-order valence-electron chi connectivity index (χ1n) is 32.8. The minimum absolute atomic E-state index is 0.000335. The Morgan fingerprint density at radius 2 is 1.03 bits per heavy atom. The fourth-order valence-electron chi connectivity index (χ4n) is 11.9. The van der Waals surface area contributed by atoms with Crippen molar-refractivity contribution in [3.05, 3.63) is 321 Å². The Morgan fingerprint density at radius 1 is 0.528 bits per heavy atom. The van der Waals surface area contributed by atoms with E-state index < -0.39 is 80.0 Å². The Labute approximate surface area is 618 Å². The number of hydrogen-bond donors (Lipinski definition) is 3. The number of pyridine rings is 3. The second kappa shape index (κ2) is 31.3. The summed E-state index contributed by atoms with van der Waals surface area (Å²) in [7, 11) is 1.52. The monoisotopic (exact) mass is 1520 g/mol. The van der Waals surface area contributed by atoms with Gasteiger partial charge < -0.3 is 51.7 Å². The number of benzene rings is 8. The Morgan fingerprint density at radius 3 is 1.54 bits per heavy atom. The van der Waals surface area contributed by atoms with E-state index in [9.17, 15) is 70.4 Å². The minimum Gasteiger partial charge on any atom is -0.505 e. The zero-order valence-corrected chi connectivity index (χ0v) is 59.2. The second-order valence-electron chi connectivity index (χ2n) is 24.4. The molecule has 15 aromatic rings. The molecule has 7 aromatic heterocycles. The molecule has 19 nitrogen and oxygen atoms in total. The number of para-hydroxylation sites is 3. The molecule has 8 aromatic carbocycles. The van der Waals surface area contributed by atoms with Gasteiger partial charge in [-0.25, -0.2) is 32.5 Å². The summed E-state index contributed by atoms with van der Waals surface area (Å²) in [5.74, 6) is -1.78. The third-order valence-electron chi connectivity index (χ3n) is 17.0. The molecule has 0 aliphatic carbocycles. The molecule has 546 valence electrons. The van der Waals surface area contributed by atoms with Crippen LogP contribution in [0.3, 0.4) is 0 Å². The smallest absolute Gasteiger partial charge is 0.416 e. The molecule has 28 heteroatoms. The number of hydrogen-bond acceptors (Lipinski definition) is 18. The average molecular weight is 1520 g/mol. The number of halogens is 6. The summed E-state index contributed by atoms with van der Waals surface area (Å²) in [5.41, 5.74) is -1.78. The van der Waals surface area contributed by atoms with Crippen LogP contribution in [-0.2, 0) is 25.8 Å². The number of fused-ring (bicyclic) bond motifs is 7. The average Bonchev–Trinajstić information content (AvgIpc) is 0.765. The van der Waals surface area contributed by atoms with E-state index in [1.54, 1.807) is 128 Å². The van der Waals surface area contributed by atoms with E-state index in [1.165, 1.54) is 93.6 Å². The van der Waals surface area contributed by atoms with Crippen LogP contribution >= 0.6 is 35.3 Å². The molecule has 3 N–H and O–H groups in total. The molecule has 0 saturated carbocycles. The van der Waals surface area contributed by atoms with E-state index in [0.717, 1.165) is 35.7 Å².